The molecule has 0 N–H and O–H groups in total. The van der Waals surface area contributed by atoms with Crippen molar-refractivity contribution >= 4 is 54.9 Å². The first kappa shape index (κ1) is 14.9. The second kappa shape index (κ2) is 6.11. The lowest BCUT2D eigenvalue weighted by atomic mass is 10.2. The third kappa shape index (κ3) is 2.98. The minimum absolute atomic E-state index is 0.0186. The summed E-state index contributed by atoms with van der Waals surface area (Å²) in [6, 6.07) is 0. The van der Waals surface area contributed by atoms with Gasteiger partial charge in [-0.15, -0.1) is 11.3 Å². The molecule has 0 bridgehead atoms. The molecule has 3 nitrogen and oxygen atoms in total. The molecule has 0 amide bonds. The number of halogens is 2. The monoisotopic (exact) mass is 382 g/mol. The first-order valence-corrected chi connectivity index (χ1v) is 7.59. The van der Waals surface area contributed by atoms with E-state index in [9.17, 15) is 9.59 Å². The summed E-state index contributed by atoms with van der Waals surface area (Å²) in [7, 11) is 0. The van der Waals surface area contributed by atoms with Crippen LogP contribution in [0.15, 0.2) is 7.57 Å². The van der Waals surface area contributed by atoms with E-state index in [0.717, 1.165) is 13.1 Å². The van der Waals surface area contributed by atoms with Crippen molar-refractivity contribution < 1.29 is 14.3 Å². The molecule has 1 aromatic rings. The van der Waals surface area contributed by atoms with E-state index in [0.29, 0.717) is 5.56 Å². The Morgan fingerprint density at radius 1 is 1.35 bits per heavy atom. The lowest BCUT2D eigenvalue weighted by molar-refractivity contribution is -0.146. The SMILES string of the molecule is CC.CC(=O)OC1CC(=O)c2c(Br)sc(Br)c21. The van der Waals surface area contributed by atoms with Crippen LogP contribution in [-0.2, 0) is 9.53 Å². The van der Waals surface area contributed by atoms with Crippen molar-refractivity contribution in [3.8, 4) is 0 Å². The molecule has 1 aliphatic carbocycles. The molecule has 0 saturated heterocycles. The van der Waals surface area contributed by atoms with Gasteiger partial charge in [0.1, 0.15) is 6.10 Å². The molecule has 1 atom stereocenters. The van der Waals surface area contributed by atoms with Gasteiger partial charge in [-0.3, -0.25) is 9.59 Å². The zero-order valence-electron chi connectivity index (χ0n) is 9.67. The zero-order chi connectivity index (χ0) is 13.2. The highest BCUT2D eigenvalue weighted by molar-refractivity contribution is 9.12. The number of hydrogen-bond acceptors (Lipinski definition) is 4. The normalized spacial score (nSPS) is 17.2. The molecule has 0 radical (unpaired) electrons. The Labute approximate surface area is 121 Å². The van der Waals surface area contributed by atoms with Crippen molar-refractivity contribution in [2.45, 2.75) is 33.3 Å². The van der Waals surface area contributed by atoms with Gasteiger partial charge < -0.3 is 4.74 Å². The van der Waals surface area contributed by atoms with Gasteiger partial charge in [-0.05, 0) is 31.9 Å². The molecule has 6 heteroatoms. The van der Waals surface area contributed by atoms with E-state index in [1.807, 2.05) is 13.8 Å². The van der Waals surface area contributed by atoms with Crippen molar-refractivity contribution in [1.29, 1.82) is 0 Å². The van der Waals surface area contributed by atoms with Gasteiger partial charge in [-0.2, -0.15) is 0 Å². The maximum absolute atomic E-state index is 11.7. The minimum atomic E-state index is -0.429. The maximum Gasteiger partial charge on any atom is 0.303 e. The average molecular weight is 384 g/mol. The van der Waals surface area contributed by atoms with Crippen molar-refractivity contribution in [2.75, 3.05) is 0 Å². The second-order valence-corrected chi connectivity index (χ2v) is 6.82. The predicted molar refractivity (Wildman–Crippen MR) is 74.5 cm³/mol. The number of ketones is 1. The van der Waals surface area contributed by atoms with Crippen molar-refractivity contribution in [1.82, 2.24) is 0 Å². The van der Waals surface area contributed by atoms with E-state index < -0.39 is 6.10 Å². The Morgan fingerprint density at radius 2 is 1.94 bits per heavy atom. The van der Waals surface area contributed by atoms with Gasteiger partial charge in [-0.25, -0.2) is 0 Å². The van der Waals surface area contributed by atoms with Gasteiger partial charge >= 0.3 is 5.97 Å². The summed E-state index contributed by atoms with van der Waals surface area (Å²) in [5, 5.41) is 0. The highest BCUT2D eigenvalue weighted by atomic mass is 79.9. The third-order valence-corrected chi connectivity index (χ3v) is 4.71. The molecule has 2 rings (SSSR count). The predicted octanol–water partition coefficient (Wildman–Crippen LogP) is 4.49. The third-order valence-electron chi connectivity index (χ3n) is 2.14. The summed E-state index contributed by atoms with van der Waals surface area (Å²) < 4.78 is 6.74. The molecular formula is C11H12Br2O3S. The van der Waals surface area contributed by atoms with Crippen molar-refractivity contribution in [3.05, 3.63) is 18.7 Å². The van der Waals surface area contributed by atoms with Gasteiger partial charge in [0, 0.05) is 12.5 Å². The van der Waals surface area contributed by atoms with E-state index in [1.165, 1.54) is 18.3 Å². The smallest absolute Gasteiger partial charge is 0.303 e. The number of ether oxygens (including phenoxy) is 1. The van der Waals surface area contributed by atoms with Gasteiger partial charge in [0.05, 0.1) is 19.6 Å². The molecule has 1 aromatic heterocycles. The molecule has 94 valence electrons. The number of carbonyl (C=O) groups excluding carboxylic acids is 2. The van der Waals surface area contributed by atoms with Crippen LogP contribution >= 0.6 is 43.2 Å². The highest BCUT2D eigenvalue weighted by Crippen LogP contribution is 2.47. The summed E-state index contributed by atoms with van der Waals surface area (Å²) >= 11 is 8.13. The highest BCUT2D eigenvalue weighted by Gasteiger charge is 2.37. The Morgan fingerprint density at radius 3 is 2.47 bits per heavy atom. The maximum atomic E-state index is 11.7. The summed E-state index contributed by atoms with van der Waals surface area (Å²) in [5.74, 6) is -0.347. The molecule has 0 spiro atoms. The molecule has 17 heavy (non-hydrogen) atoms. The van der Waals surface area contributed by atoms with E-state index in [1.54, 1.807) is 0 Å². The molecule has 0 saturated carbocycles. The number of fused-ring (bicyclic) bond motifs is 1. The van der Waals surface area contributed by atoms with Crippen LogP contribution in [-0.4, -0.2) is 11.8 Å². The van der Waals surface area contributed by atoms with E-state index in [4.69, 9.17) is 4.74 Å². The quantitative estimate of drug-likeness (QED) is 0.671. The lowest BCUT2D eigenvalue weighted by Gasteiger charge is -2.09. The Balaban J connectivity index is 0.000000686. The molecule has 0 aromatic carbocycles. The molecule has 1 heterocycles. The van der Waals surface area contributed by atoms with Crippen LogP contribution in [0.3, 0.4) is 0 Å². The first-order chi connectivity index (χ1) is 8.00. The minimum Gasteiger partial charge on any atom is -0.457 e. The number of thiophene rings is 1. The van der Waals surface area contributed by atoms with Crippen LogP contribution < -0.4 is 0 Å². The molecule has 0 aliphatic heterocycles. The Bertz CT molecular complexity index is 454. The fourth-order valence-electron chi connectivity index (χ4n) is 1.61. The van der Waals surface area contributed by atoms with Crippen LogP contribution in [0.1, 0.15) is 49.2 Å². The molecule has 1 unspecified atom stereocenters. The first-order valence-electron chi connectivity index (χ1n) is 5.18. The van der Waals surface area contributed by atoms with Crippen molar-refractivity contribution in [2.24, 2.45) is 0 Å². The molecule has 1 aliphatic rings. The summed E-state index contributed by atoms with van der Waals surface area (Å²) in [6.07, 6.45) is -0.184. The summed E-state index contributed by atoms with van der Waals surface area (Å²) in [5.41, 5.74) is 1.45. The van der Waals surface area contributed by atoms with Gasteiger partial charge in [-0.1, -0.05) is 13.8 Å². The van der Waals surface area contributed by atoms with E-state index in [2.05, 4.69) is 31.9 Å². The Kier molecular flexibility index (Phi) is 5.34. The second-order valence-electron chi connectivity index (χ2n) is 3.16. The van der Waals surface area contributed by atoms with Crippen molar-refractivity contribution in [3.63, 3.8) is 0 Å². The van der Waals surface area contributed by atoms with Crippen LogP contribution in [0.5, 0.6) is 0 Å². The van der Waals surface area contributed by atoms with Crippen LogP contribution in [0, 0.1) is 0 Å². The number of hydrogen-bond donors (Lipinski definition) is 0. The van der Waals surface area contributed by atoms with E-state index >= 15 is 0 Å². The number of esters is 1. The lowest BCUT2D eigenvalue weighted by Crippen LogP contribution is -2.05. The average Bonchev–Trinajstić information content (AvgIpc) is 2.71. The number of Topliss-reactive ketones (excluding diaryl/α,β-unsaturated/α-hetero) is 1. The standard InChI is InChI=1S/C9H6Br2O3S.C2H6/c1-3(12)14-5-2-4(13)6-7(5)9(11)15-8(6)10;1-2/h5H,2H2,1H3;1-2H3. The Hall–Kier alpha value is -0.200. The summed E-state index contributed by atoms with van der Waals surface area (Å²) in [6.45, 7) is 5.35. The van der Waals surface area contributed by atoms with Crippen LogP contribution in [0.2, 0.25) is 0 Å². The largest absolute Gasteiger partial charge is 0.457 e. The van der Waals surface area contributed by atoms with Gasteiger partial charge in [0.25, 0.3) is 0 Å². The van der Waals surface area contributed by atoms with Crippen LogP contribution in [0.25, 0.3) is 0 Å². The number of carbonyl (C=O) groups is 2. The molecule has 0 fully saturated rings. The van der Waals surface area contributed by atoms with E-state index in [-0.39, 0.29) is 18.2 Å². The van der Waals surface area contributed by atoms with Gasteiger partial charge in [0.2, 0.25) is 0 Å². The fraction of sp³-hybridized carbons (Fsp3) is 0.455. The topological polar surface area (TPSA) is 43.4 Å². The summed E-state index contributed by atoms with van der Waals surface area (Å²) in [4.78, 5) is 22.5. The molecular weight excluding hydrogens is 372 g/mol. The van der Waals surface area contributed by atoms with Crippen LogP contribution in [0.4, 0.5) is 0 Å². The zero-order valence-corrected chi connectivity index (χ0v) is 13.7. The fourth-order valence-corrected chi connectivity index (χ4v) is 4.95. The van der Waals surface area contributed by atoms with Gasteiger partial charge in [0.15, 0.2) is 5.78 Å². The number of rotatable bonds is 1.